The van der Waals surface area contributed by atoms with Crippen molar-refractivity contribution in [2.75, 3.05) is 0 Å². The van der Waals surface area contributed by atoms with Gasteiger partial charge < -0.3 is 5.11 Å². The molecule has 2 nitrogen and oxygen atoms in total. The van der Waals surface area contributed by atoms with Gasteiger partial charge in [0, 0.05) is 6.04 Å². The average Bonchev–Trinajstić information content (AvgIpc) is 1.87. The third-order valence-corrected chi connectivity index (χ3v) is 1.35. The first-order valence-corrected chi connectivity index (χ1v) is 2.73. The van der Waals surface area contributed by atoms with Crippen molar-refractivity contribution in [3.05, 3.63) is 0 Å². The van der Waals surface area contributed by atoms with Crippen molar-refractivity contribution in [2.45, 2.75) is 32.0 Å². The molecule has 2 N–H and O–H groups in total. The second kappa shape index (κ2) is 1.80. The number of rotatable bonds is 0. The molecule has 1 fully saturated rings. The number of aliphatic hydroxyl groups is 1. The second-order valence-electron chi connectivity index (χ2n) is 2.16. The summed E-state index contributed by atoms with van der Waals surface area (Å²) in [5.41, 5.74) is 0. The van der Waals surface area contributed by atoms with E-state index >= 15 is 0 Å². The molecular weight excluding hydrogens is 90.1 g/mol. The monoisotopic (exact) mass is 101 g/mol. The van der Waals surface area contributed by atoms with Crippen LogP contribution < -0.4 is 5.32 Å². The summed E-state index contributed by atoms with van der Waals surface area (Å²) in [5, 5.41) is 11.8. The Bertz CT molecular complexity index is 57.1. The van der Waals surface area contributed by atoms with Crippen LogP contribution in [-0.2, 0) is 0 Å². The zero-order valence-corrected chi connectivity index (χ0v) is 4.52. The quantitative estimate of drug-likeness (QED) is 0.453. The average molecular weight is 101 g/mol. The van der Waals surface area contributed by atoms with Crippen LogP contribution in [0.3, 0.4) is 0 Å². The minimum atomic E-state index is -0.227. The van der Waals surface area contributed by atoms with Crippen molar-refractivity contribution in [1.82, 2.24) is 5.32 Å². The molecule has 0 saturated carbocycles. The molecule has 7 heavy (non-hydrogen) atoms. The number of hydrogen-bond donors (Lipinski definition) is 2. The minimum absolute atomic E-state index is 0.227. The van der Waals surface area contributed by atoms with E-state index in [1.54, 1.807) is 0 Å². The zero-order valence-electron chi connectivity index (χ0n) is 4.52. The van der Waals surface area contributed by atoms with Gasteiger partial charge in [-0.15, -0.1) is 0 Å². The van der Waals surface area contributed by atoms with Crippen LogP contribution in [0.2, 0.25) is 0 Å². The smallest absolute Gasteiger partial charge is 0.105 e. The van der Waals surface area contributed by atoms with Crippen LogP contribution >= 0.6 is 0 Å². The summed E-state index contributed by atoms with van der Waals surface area (Å²) in [6.45, 7) is 2.08. The summed E-state index contributed by atoms with van der Waals surface area (Å²) < 4.78 is 0. The summed E-state index contributed by atoms with van der Waals surface area (Å²) in [7, 11) is 0. The molecule has 42 valence electrons. The van der Waals surface area contributed by atoms with Crippen LogP contribution in [0.25, 0.3) is 0 Å². The lowest BCUT2D eigenvalue weighted by Crippen LogP contribution is -2.26. The van der Waals surface area contributed by atoms with Crippen molar-refractivity contribution in [3.8, 4) is 0 Å². The first-order valence-electron chi connectivity index (χ1n) is 2.73. The van der Waals surface area contributed by atoms with Crippen molar-refractivity contribution in [3.63, 3.8) is 0 Å². The van der Waals surface area contributed by atoms with Crippen LogP contribution in [0.1, 0.15) is 19.8 Å². The summed E-state index contributed by atoms with van der Waals surface area (Å²) in [6, 6.07) is 0.523. The topological polar surface area (TPSA) is 32.3 Å². The molecule has 0 bridgehead atoms. The maximum atomic E-state index is 8.79. The maximum Gasteiger partial charge on any atom is 0.105 e. The molecule has 0 aliphatic carbocycles. The van der Waals surface area contributed by atoms with Crippen LogP contribution in [0.15, 0.2) is 0 Å². The van der Waals surface area contributed by atoms with E-state index in [0.717, 1.165) is 12.8 Å². The molecule has 0 aromatic carbocycles. The Kier molecular flexibility index (Phi) is 1.30. The zero-order chi connectivity index (χ0) is 5.28. The number of hydrogen-bond acceptors (Lipinski definition) is 2. The third-order valence-electron chi connectivity index (χ3n) is 1.35. The molecule has 1 heterocycles. The van der Waals surface area contributed by atoms with E-state index in [1.807, 2.05) is 0 Å². The van der Waals surface area contributed by atoms with Crippen LogP contribution in [-0.4, -0.2) is 17.4 Å². The highest BCUT2D eigenvalue weighted by Gasteiger charge is 2.15. The number of nitrogens with one attached hydrogen (secondary N) is 1. The molecule has 1 saturated heterocycles. The lowest BCUT2D eigenvalue weighted by atomic mass is 10.3. The molecule has 2 heteroatoms. The Labute approximate surface area is 43.5 Å². The van der Waals surface area contributed by atoms with Crippen LogP contribution in [0.4, 0.5) is 0 Å². The Hall–Kier alpha value is -0.0800. The maximum absolute atomic E-state index is 8.79. The SMILES string of the molecule is C[C@@H]1CC[C@H](O)N1. The van der Waals surface area contributed by atoms with E-state index in [9.17, 15) is 0 Å². The van der Waals surface area contributed by atoms with Crippen LogP contribution in [0, 0.1) is 0 Å². The second-order valence-corrected chi connectivity index (χ2v) is 2.16. The third kappa shape index (κ3) is 1.14. The highest BCUT2D eigenvalue weighted by molar-refractivity contribution is 4.71. The molecule has 1 aliphatic heterocycles. The Morgan fingerprint density at radius 2 is 2.29 bits per heavy atom. The molecule has 0 radical (unpaired) electrons. The van der Waals surface area contributed by atoms with Gasteiger partial charge in [-0.3, -0.25) is 5.32 Å². The first kappa shape index (κ1) is 5.06. The fourth-order valence-corrected chi connectivity index (χ4v) is 0.903. The molecule has 0 spiro atoms. The summed E-state index contributed by atoms with van der Waals surface area (Å²) in [5.74, 6) is 0. The van der Waals surface area contributed by atoms with Gasteiger partial charge in [-0.25, -0.2) is 0 Å². The van der Waals surface area contributed by atoms with Gasteiger partial charge in [0.05, 0.1) is 0 Å². The van der Waals surface area contributed by atoms with E-state index in [1.165, 1.54) is 0 Å². The van der Waals surface area contributed by atoms with Gasteiger partial charge in [-0.1, -0.05) is 0 Å². The highest BCUT2D eigenvalue weighted by Crippen LogP contribution is 2.07. The van der Waals surface area contributed by atoms with Gasteiger partial charge >= 0.3 is 0 Å². The molecule has 0 aromatic rings. The van der Waals surface area contributed by atoms with Crippen molar-refractivity contribution in [2.24, 2.45) is 0 Å². The van der Waals surface area contributed by atoms with Gasteiger partial charge in [-0.05, 0) is 19.8 Å². The standard InChI is InChI=1S/C5H11NO/c1-4-2-3-5(7)6-4/h4-7H,2-3H2,1H3/t4-,5+/m1/s1. The first-order chi connectivity index (χ1) is 3.29. The lowest BCUT2D eigenvalue weighted by Gasteiger charge is -2.01. The van der Waals surface area contributed by atoms with Crippen molar-refractivity contribution in [1.29, 1.82) is 0 Å². The Morgan fingerprint density at radius 3 is 2.43 bits per heavy atom. The van der Waals surface area contributed by atoms with Gasteiger partial charge in [0.25, 0.3) is 0 Å². The van der Waals surface area contributed by atoms with E-state index in [0.29, 0.717) is 6.04 Å². The van der Waals surface area contributed by atoms with E-state index in [2.05, 4.69) is 12.2 Å². The van der Waals surface area contributed by atoms with Gasteiger partial charge in [0.2, 0.25) is 0 Å². The molecule has 0 unspecified atom stereocenters. The molecule has 1 aliphatic rings. The van der Waals surface area contributed by atoms with Crippen molar-refractivity contribution < 1.29 is 5.11 Å². The molecule has 0 amide bonds. The highest BCUT2D eigenvalue weighted by atomic mass is 16.3. The Morgan fingerprint density at radius 1 is 1.57 bits per heavy atom. The normalized spacial score (nSPS) is 42.0. The summed E-state index contributed by atoms with van der Waals surface area (Å²) in [6.07, 6.45) is 1.80. The van der Waals surface area contributed by atoms with Gasteiger partial charge in [0.1, 0.15) is 6.23 Å². The molecule has 0 aromatic heterocycles. The van der Waals surface area contributed by atoms with Gasteiger partial charge in [0.15, 0.2) is 0 Å². The summed E-state index contributed by atoms with van der Waals surface area (Å²) >= 11 is 0. The predicted octanol–water partition coefficient (Wildman–Crippen LogP) is 0.0767. The predicted molar refractivity (Wildman–Crippen MR) is 27.8 cm³/mol. The van der Waals surface area contributed by atoms with Crippen molar-refractivity contribution >= 4 is 0 Å². The fourth-order valence-electron chi connectivity index (χ4n) is 0.903. The molecule has 1 rings (SSSR count). The minimum Gasteiger partial charge on any atom is -0.379 e. The largest absolute Gasteiger partial charge is 0.379 e. The Balaban J connectivity index is 2.26. The molecular formula is C5H11NO. The van der Waals surface area contributed by atoms with Crippen LogP contribution in [0.5, 0.6) is 0 Å². The molecule has 2 atom stereocenters. The number of aliphatic hydroxyl groups excluding tert-OH is 1. The van der Waals surface area contributed by atoms with Gasteiger partial charge in [-0.2, -0.15) is 0 Å². The van der Waals surface area contributed by atoms with E-state index < -0.39 is 0 Å². The lowest BCUT2D eigenvalue weighted by molar-refractivity contribution is 0.156. The van der Waals surface area contributed by atoms with E-state index in [4.69, 9.17) is 5.11 Å². The fraction of sp³-hybridized carbons (Fsp3) is 1.00. The summed E-state index contributed by atoms with van der Waals surface area (Å²) in [4.78, 5) is 0. The van der Waals surface area contributed by atoms with E-state index in [-0.39, 0.29) is 6.23 Å².